The van der Waals surface area contributed by atoms with E-state index >= 15 is 0 Å². The van der Waals surface area contributed by atoms with Crippen LogP contribution in [0.5, 0.6) is 0 Å². The lowest BCUT2D eigenvalue weighted by molar-refractivity contribution is -0.139. The van der Waals surface area contributed by atoms with E-state index in [1.165, 1.54) is 0 Å². The van der Waals surface area contributed by atoms with Gasteiger partial charge in [-0.05, 0) is 6.92 Å². The van der Waals surface area contributed by atoms with Gasteiger partial charge in [0.1, 0.15) is 0 Å². The van der Waals surface area contributed by atoms with E-state index in [9.17, 15) is 9.59 Å². The summed E-state index contributed by atoms with van der Waals surface area (Å²) in [6.07, 6.45) is 1.59. The summed E-state index contributed by atoms with van der Waals surface area (Å²) in [6.45, 7) is 1.92. The van der Waals surface area contributed by atoms with Crippen LogP contribution in [-0.2, 0) is 14.3 Å². The number of nitrogens with two attached hydrogens (primary N) is 1. The Bertz CT molecular complexity index is 262. The van der Waals surface area contributed by atoms with Crippen LogP contribution in [0.25, 0.3) is 0 Å². The van der Waals surface area contributed by atoms with E-state index in [1.807, 2.05) is 0 Å². The minimum atomic E-state index is -0.837. The van der Waals surface area contributed by atoms with Gasteiger partial charge in [0.05, 0.1) is 13.2 Å². The molecule has 0 spiro atoms. The van der Waals surface area contributed by atoms with Gasteiger partial charge in [-0.1, -0.05) is 6.08 Å². The minimum absolute atomic E-state index is 0.0114. The van der Waals surface area contributed by atoms with Gasteiger partial charge in [-0.2, -0.15) is 0 Å². The van der Waals surface area contributed by atoms with Gasteiger partial charge in [0, 0.05) is 25.0 Å². The summed E-state index contributed by atoms with van der Waals surface area (Å²) in [5.41, 5.74) is 5.19. The van der Waals surface area contributed by atoms with Crippen LogP contribution in [0.15, 0.2) is 11.6 Å². The highest BCUT2D eigenvalue weighted by Gasteiger charge is 2.04. The molecule has 0 heterocycles. The van der Waals surface area contributed by atoms with E-state index in [2.05, 4.69) is 4.74 Å². The summed E-state index contributed by atoms with van der Waals surface area (Å²) in [4.78, 5) is 21.5. The van der Waals surface area contributed by atoms with Gasteiger partial charge in [0.15, 0.2) is 0 Å². The number of esters is 1. The first-order valence-electron chi connectivity index (χ1n) is 4.95. The Kier molecular flexibility index (Phi) is 7.87. The maximum Gasteiger partial charge on any atom is 0.404 e. The van der Waals surface area contributed by atoms with Crippen molar-refractivity contribution in [3.63, 3.8) is 0 Å². The molecule has 0 atom stereocenters. The highest BCUT2D eigenvalue weighted by Crippen LogP contribution is 1.99. The molecular weight excluding hydrogens is 214 g/mol. The number of hydrogen-bond acceptors (Lipinski definition) is 5. The van der Waals surface area contributed by atoms with E-state index in [-0.39, 0.29) is 19.8 Å². The van der Waals surface area contributed by atoms with Gasteiger partial charge in [-0.25, -0.2) is 9.59 Å². The highest BCUT2D eigenvalue weighted by atomic mass is 16.5. The van der Waals surface area contributed by atoms with Crippen LogP contribution < -0.4 is 5.73 Å². The summed E-state index contributed by atoms with van der Waals surface area (Å²) in [6, 6.07) is 0. The van der Waals surface area contributed by atoms with Crippen molar-refractivity contribution in [3.8, 4) is 0 Å². The average Bonchev–Trinajstić information content (AvgIpc) is 2.24. The molecule has 0 aromatic heterocycles. The van der Waals surface area contributed by atoms with E-state index in [0.717, 1.165) is 0 Å². The Morgan fingerprint density at radius 2 is 2.00 bits per heavy atom. The fourth-order valence-corrected chi connectivity index (χ4v) is 0.862. The van der Waals surface area contributed by atoms with Crippen molar-refractivity contribution < 1.29 is 24.2 Å². The predicted octanol–water partition coefficient (Wildman–Crippen LogP) is 0.344. The standard InChI is InChI=1S/C10H17NO5/c1-8(4-2-6-16-10(11)14)9(13)15-7-3-5-12/h4,12H,2-3,5-7H2,1H3,(H2,11,14). The molecular formula is C10H17NO5. The quantitative estimate of drug-likeness (QED) is 0.374. The van der Waals surface area contributed by atoms with Gasteiger partial charge in [-0.3, -0.25) is 0 Å². The smallest absolute Gasteiger partial charge is 0.404 e. The molecule has 0 rings (SSSR count). The largest absolute Gasteiger partial charge is 0.462 e. The number of aliphatic hydroxyl groups excluding tert-OH is 1. The second-order valence-electron chi connectivity index (χ2n) is 3.06. The second kappa shape index (κ2) is 8.72. The summed E-state index contributed by atoms with van der Waals surface area (Å²) in [7, 11) is 0. The molecule has 0 bridgehead atoms. The predicted molar refractivity (Wildman–Crippen MR) is 56.6 cm³/mol. The van der Waals surface area contributed by atoms with Crippen molar-refractivity contribution in [1.29, 1.82) is 0 Å². The molecule has 6 nitrogen and oxygen atoms in total. The molecule has 0 saturated carbocycles. The maximum atomic E-state index is 11.2. The van der Waals surface area contributed by atoms with Crippen LogP contribution in [0.3, 0.4) is 0 Å². The summed E-state index contributed by atoms with van der Waals surface area (Å²) < 4.78 is 9.30. The van der Waals surface area contributed by atoms with Gasteiger partial charge >= 0.3 is 12.1 Å². The number of aliphatic hydroxyl groups is 1. The van der Waals surface area contributed by atoms with Crippen molar-refractivity contribution in [3.05, 3.63) is 11.6 Å². The van der Waals surface area contributed by atoms with Crippen LogP contribution in [-0.4, -0.2) is 37.0 Å². The molecule has 1 amide bonds. The van der Waals surface area contributed by atoms with E-state index in [4.69, 9.17) is 15.6 Å². The monoisotopic (exact) mass is 231 g/mol. The van der Waals surface area contributed by atoms with Crippen LogP contribution in [0.1, 0.15) is 19.8 Å². The lowest BCUT2D eigenvalue weighted by Gasteiger charge is -2.03. The number of ether oxygens (including phenoxy) is 2. The zero-order valence-electron chi connectivity index (χ0n) is 9.27. The molecule has 3 N–H and O–H groups in total. The Balaban J connectivity index is 3.74. The zero-order chi connectivity index (χ0) is 12.4. The number of carbonyl (C=O) groups is 2. The fourth-order valence-electron chi connectivity index (χ4n) is 0.862. The normalized spacial score (nSPS) is 11.0. The molecule has 0 unspecified atom stereocenters. The molecule has 6 heteroatoms. The Morgan fingerprint density at radius 1 is 1.31 bits per heavy atom. The molecule has 0 fully saturated rings. The van der Waals surface area contributed by atoms with Crippen molar-refractivity contribution in [2.45, 2.75) is 19.8 Å². The van der Waals surface area contributed by atoms with Crippen LogP contribution in [0.4, 0.5) is 4.79 Å². The molecule has 92 valence electrons. The highest BCUT2D eigenvalue weighted by molar-refractivity contribution is 5.87. The van der Waals surface area contributed by atoms with Crippen molar-refractivity contribution in [2.24, 2.45) is 5.73 Å². The van der Waals surface area contributed by atoms with Gasteiger partial charge in [0.25, 0.3) is 0 Å². The number of hydrogen-bond donors (Lipinski definition) is 2. The maximum absolute atomic E-state index is 11.2. The molecule has 0 aromatic rings. The first-order valence-corrected chi connectivity index (χ1v) is 4.95. The third kappa shape index (κ3) is 7.81. The topological polar surface area (TPSA) is 98.9 Å². The number of rotatable bonds is 7. The number of carbonyl (C=O) groups excluding carboxylic acids is 2. The minimum Gasteiger partial charge on any atom is -0.462 e. The Labute approximate surface area is 94.0 Å². The summed E-state index contributed by atoms with van der Waals surface area (Å²) in [5, 5.41) is 8.48. The lowest BCUT2D eigenvalue weighted by atomic mass is 10.2. The first kappa shape index (κ1) is 14.4. The van der Waals surface area contributed by atoms with Gasteiger partial charge < -0.3 is 20.3 Å². The van der Waals surface area contributed by atoms with E-state index in [1.54, 1.807) is 13.0 Å². The van der Waals surface area contributed by atoms with Gasteiger partial charge in [-0.15, -0.1) is 0 Å². The zero-order valence-corrected chi connectivity index (χ0v) is 9.27. The summed E-state index contributed by atoms with van der Waals surface area (Å²) in [5.74, 6) is -0.437. The third-order valence-electron chi connectivity index (χ3n) is 1.67. The molecule has 16 heavy (non-hydrogen) atoms. The van der Waals surface area contributed by atoms with Crippen molar-refractivity contribution in [2.75, 3.05) is 19.8 Å². The van der Waals surface area contributed by atoms with Gasteiger partial charge in [0.2, 0.25) is 0 Å². The number of primary amides is 1. The average molecular weight is 231 g/mol. The molecule has 0 radical (unpaired) electrons. The molecule has 0 aliphatic heterocycles. The summed E-state index contributed by atoms with van der Waals surface area (Å²) >= 11 is 0. The molecule has 0 aliphatic rings. The van der Waals surface area contributed by atoms with Crippen molar-refractivity contribution >= 4 is 12.1 Å². The fraction of sp³-hybridized carbons (Fsp3) is 0.600. The molecule has 0 saturated heterocycles. The van der Waals surface area contributed by atoms with Crippen LogP contribution in [0.2, 0.25) is 0 Å². The number of amides is 1. The van der Waals surface area contributed by atoms with E-state index in [0.29, 0.717) is 18.4 Å². The Morgan fingerprint density at radius 3 is 2.56 bits per heavy atom. The molecule has 0 aromatic carbocycles. The van der Waals surface area contributed by atoms with Crippen LogP contribution >= 0.6 is 0 Å². The Hall–Kier alpha value is -1.56. The van der Waals surface area contributed by atoms with Crippen molar-refractivity contribution in [1.82, 2.24) is 0 Å². The lowest BCUT2D eigenvalue weighted by Crippen LogP contribution is -2.13. The first-order chi connectivity index (χ1) is 7.57. The molecule has 0 aliphatic carbocycles. The third-order valence-corrected chi connectivity index (χ3v) is 1.67. The second-order valence-corrected chi connectivity index (χ2v) is 3.06. The van der Waals surface area contributed by atoms with Crippen LogP contribution in [0, 0.1) is 0 Å². The SMILES string of the molecule is CC(=CCCOC(N)=O)C(=O)OCCCO. The van der Waals surface area contributed by atoms with E-state index < -0.39 is 12.1 Å².